The first kappa shape index (κ1) is 6.77. The maximum absolute atomic E-state index is 10.8. The van der Waals surface area contributed by atoms with Crippen LogP contribution in [-0.4, -0.2) is 14.4 Å². The van der Waals surface area contributed by atoms with E-state index in [0.29, 0.717) is 0 Å². The average Bonchev–Trinajstić information content (AvgIpc) is 1.68. The molecule has 0 aliphatic rings. The SMILES string of the molecule is O=S(=O)(CF)OF. The van der Waals surface area contributed by atoms with E-state index in [1.165, 1.54) is 0 Å². The third-order valence-corrected chi connectivity index (χ3v) is 0.689. The van der Waals surface area contributed by atoms with Crippen LogP contribution in [0.25, 0.3) is 0 Å². The van der Waals surface area contributed by atoms with Crippen molar-refractivity contribution in [2.75, 3.05) is 6.01 Å². The summed E-state index contributed by atoms with van der Waals surface area (Å²) in [5, 5.41) is 0. The topological polar surface area (TPSA) is 43.4 Å². The van der Waals surface area contributed by atoms with Crippen LogP contribution in [0.4, 0.5) is 8.92 Å². The molecule has 7 heavy (non-hydrogen) atoms. The Kier molecular flexibility index (Phi) is 2.10. The molecule has 0 amide bonds. The second kappa shape index (κ2) is 2.17. The van der Waals surface area contributed by atoms with Gasteiger partial charge in [0.15, 0.2) is 0 Å². The lowest BCUT2D eigenvalue weighted by Crippen LogP contribution is -1.99. The van der Waals surface area contributed by atoms with E-state index in [1.54, 1.807) is 0 Å². The quantitative estimate of drug-likeness (QED) is 0.536. The number of hydrogen-bond acceptors (Lipinski definition) is 3. The van der Waals surface area contributed by atoms with E-state index in [4.69, 9.17) is 0 Å². The van der Waals surface area contributed by atoms with Crippen molar-refractivity contribution in [2.24, 2.45) is 0 Å². The lowest BCUT2D eigenvalue weighted by molar-refractivity contribution is 0.00125. The fourth-order valence-electron chi connectivity index (χ4n) is 0.0168. The molecular formula is CH2F2O3S. The highest BCUT2D eigenvalue weighted by Gasteiger charge is 2.08. The highest BCUT2D eigenvalue weighted by molar-refractivity contribution is 7.86. The van der Waals surface area contributed by atoms with E-state index in [9.17, 15) is 17.3 Å². The number of alkyl halides is 1. The molecule has 3 nitrogen and oxygen atoms in total. The summed E-state index contributed by atoms with van der Waals surface area (Å²) in [5.41, 5.74) is 0. The van der Waals surface area contributed by atoms with E-state index in [1.807, 2.05) is 0 Å². The van der Waals surface area contributed by atoms with Crippen molar-refractivity contribution in [1.29, 1.82) is 0 Å². The molecule has 0 heterocycles. The maximum atomic E-state index is 10.8. The van der Waals surface area contributed by atoms with Gasteiger partial charge in [-0.3, -0.25) is 0 Å². The summed E-state index contributed by atoms with van der Waals surface area (Å²) in [4.78, 5) is 0. The Labute approximate surface area is 38.9 Å². The fourth-order valence-corrected chi connectivity index (χ4v) is 0.0505. The first-order chi connectivity index (χ1) is 3.12. The summed E-state index contributed by atoms with van der Waals surface area (Å²) in [7, 11) is -4.49. The van der Waals surface area contributed by atoms with Crippen molar-refractivity contribution >= 4 is 10.1 Å². The Hall–Kier alpha value is -0.230. The Morgan fingerprint density at radius 3 is 2.00 bits per heavy atom. The first-order valence-corrected chi connectivity index (χ1v) is 2.79. The van der Waals surface area contributed by atoms with Crippen molar-refractivity contribution in [2.45, 2.75) is 0 Å². The van der Waals surface area contributed by atoms with Gasteiger partial charge in [-0.05, 0) is 4.53 Å². The summed E-state index contributed by atoms with van der Waals surface area (Å²) in [5.74, 6) is 0. The van der Waals surface area contributed by atoms with Gasteiger partial charge in [-0.15, -0.1) is 0 Å². The second-order valence-electron chi connectivity index (χ2n) is 0.730. The Balaban J connectivity index is 3.89. The zero-order valence-corrected chi connectivity index (χ0v) is 3.91. The molecule has 0 aliphatic heterocycles. The van der Waals surface area contributed by atoms with Gasteiger partial charge in [-0.1, -0.05) is 4.39 Å². The predicted molar refractivity (Wildman–Crippen MR) is 17.1 cm³/mol. The van der Waals surface area contributed by atoms with E-state index >= 15 is 0 Å². The Morgan fingerprint density at radius 1 is 1.57 bits per heavy atom. The standard InChI is InChI=1S/CH2F2O3S/c2-1-7(4,5)6-3/h1H2. The van der Waals surface area contributed by atoms with Crippen LogP contribution >= 0.6 is 0 Å². The minimum absolute atomic E-state index is 1.83. The van der Waals surface area contributed by atoms with Gasteiger partial charge in [0.1, 0.15) is 0 Å². The monoisotopic (exact) mass is 132 g/mol. The highest BCUT2D eigenvalue weighted by Crippen LogP contribution is 1.91. The molecule has 0 aliphatic carbocycles. The Morgan fingerprint density at radius 2 is 2.00 bits per heavy atom. The normalized spacial score (nSPS) is 11.7. The third kappa shape index (κ3) is 2.46. The zero-order chi connectivity index (χ0) is 5.91. The van der Waals surface area contributed by atoms with E-state index in [-0.39, 0.29) is 0 Å². The van der Waals surface area contributed by atoms with Gasteiger partial charge in [-0.2, -0.15) is 8.42 Å². The molecule has 0 N–H and O–H groups in total. The molecule has 0 unspecified atom stereocenters. The van der Waals surface area contributed by atoms with Gasteiger partial charge in [0, 0.05) is 0 Å². The predicted octanol–water partition coefficient (Wildman–Crippen LogP) is 0.144. The molecular weight excluding hydrogens is 130 g/mol. The molecule has 0 atom stereocenters. The van der Waals surface area contributed by atoms with Crippen LogP contribution in [-0.2, 0) is 14.5 Å². The maximum Gasteiger partial charge on any atom is 0.327 e. The number of rotatable bonds is 2. The lowest BCUT2D eigenvalue weighted by atomic mass is 11.8. The minimum atomic E-state index is -4.49. The molecule has 0 radical (unpaired) electrons. The molecule has 44 valence electrons. The molecule has 0 aromatic rings. The molecule has 6 heteroatoms. The van der Waals surface area contributed by atoms with Crippen LogP contribution in [0.1, 0.15) is 0 Å². The average molecular weight is 132 g/mol. The summed E-state index contributed by atoms with van der Waals surface area (Å²) >= 11 is 0. The van der Waals surface area contributed by atoms with Crippen LogP contribution in [0.15, 0.2) is 0 Å². The summed E-state index contributed by atoms with van der Waals surface area (Å²) < 4.78 is 42.2. The Bertz CT molecular complexity index is 116. The van der Waals surface area contributed by atoms with Crippen LogP contribution < -0.4 is 0 Å². The fraction of sp³-hybridized carbons (Fsp3) is 1.00. The third-order valence-electron chi connectivity index (χ3n) is 0.230. The molecule has 0 rings (SSSR count). The molecule has 0 bridgehead atoms. The smallest absolute Gasteiger partial charge is 0.231 e. The molecule has 0 fully saturated rings. The molecule has 0 aromatic heterocycles. The second-order valence-corrected chi connectivity index (χ2v) is 2.19. The zero-order valence-electron chi connectivity index (χ0n) is 3.10. The van der Waals surface area contributed by atoms with E-state index in [2.05, 4.69) is 4.39 Å². The van der Waals surface area contributed by atoms with Gasteiger partial charge in [0.2, 0.25) is 6.01 Å². The molecule has 0 saturated heterocycles. The van der Waals surface area contributed by atoms with E-state index < -0.39 is 16.1 Å². The van der Waals surface area contributed by atoms with Crippen LogP contribution in [0, 0.1) is 0 Å². The van der Waals surface area contributed by atoms with Gasteiger partial charge in [0.05, 0.1) is 0 Å². The summed E-state index contributed by atoms with van der Waals surface area (Å²) in [6.07, 6.45) is 0. The van der Waals surface area contributed by atoms with Gasteiger partial charge >= 0.3 is 10.1 Å². The van der Waals surface area contributed by atoms with Gasteiger partial charge < -0.3 is 0 Å². The van der Waals surface area contributed by atoms with Crippen molar-refractivity contribution in [3.05, 3.63) is 0 Å². The molecule has 0 spiro atoms. The summed E-state index contributed by atoms with van der Waals surface area (Å²) in [6.45, 7) is 0. The van der Waals surface area contributed by atoms with Crippen LogP contribution in [0.2, 0.25) is 0 Å². The molecule has 0 saturated carbocycles. The molecule has 0 aromatic carbocycles. The largest absolute Gasteiger partial charge is 0.327 e. The van der Waals surface area contributed by atoms with Crippen LogP contribution in [0.5, 0.6) is 0 Å². The van der Waals surface area contributed by atoms with Crippen molar-refractivity contribution in [1.82, 2.24) is 0 Å². The lowest BCUT2D eigenvalue weighted by Gasteiger charge is -1.82. The minimum Gasteiger partial charge on any atom is -0.231 e. The van der Waals surface area contributed by atoms with E-state index in [0.717, 1.165) is 0 Å². The number of halogens is 2. The number of hydrogen-bond donors (Lipinski definition) is 0. The highest BCUT2D eigenvalue weighted by atomic mass is 32.2. The van der Waals surface area contributed by atoms with Gasteiger partial charge in [0.25, 0.3) is 0 Å². The summed E-state index contributed by atoms with van der Waals surface area (Å²) in [6, 6.07) is -1.83. The van der Waals surface area contributed by atoms with Crippen molar-refractivity contribution in [3.63, 3.8) is 0 Å². The first-order valence-electron chi connectivity index (χ1n) is 1.21. The van der Waals surface area contributed by atoms with Gasteiger partial charge in [-0.25, -0.2) is 4.39 Å². The van der Waals surface area contributed by atoms with Crippen molar-refractivity contribution < 1.29 is 21.7 Å². The van der Waals surface area contributed by atoms with Crippen molar-refractivity contribution in [3.8, 4) is 0 Å². The van der Waals surface area contributed by atoms with Crippen LogP contribution in [0.3, 0.4) is 0 Å².